The fourth-order valence-corrected chi connectivity index (χ4v) is 2.69. The van der Waals surface area contributed by atoms with Crippen LogP contribution in [-0.2, 0) is 14.9 Å². The molecule has 1 amide bonds. The van der Waals surface area contributed by atoms with E-state index in [9.17, 15) is 4.79 Å². The Morgan fingerprint density at radius 1 is 1.38 bits per heavy atom. The van der Waals surface area contributed by atoms with Gasteiger partial charge in [-0.15, -0.1) is 0 Å². The number of rotatable bonds is 5. The molecule has 5 heteroatoms. The summed E-state index contributed by atoms with van der Waals surface area (Å²) in [4.78, 5) is 11.8. The normalized spacial score (nSPS) is 18.8. The Morgan fingerprint density at radius 2 is 2.00 bits per heavy atom. The van der Waals surface area contributed by atoms with E-state index >= 15 is 0 Å². The first-order chi connectivity index (χ1) is 10.1. The van der Waals surface area contributed by atoms with Gasteiger partial charge in [-0.3, -0.25) is 4.79 Å². The first-order valence-electron chi connectivity index (χ1n) is 7.33. The van der Waals surface area contributed by atoms with E-state index in [1.165, 1.54) is 5.56 Å². The molecular weight excluding hydrogens is 268 g/mol. The fourth-order valence-electron chi connectivity index (χ4n) is 2.69. The Hall–Kier alpha value is -1.59. The average molecular weight is 292 g/mol. The number of carbonyl (C=O) groups excluding carboxylic acids is 1. The number of hydrogen-bond acceptors (Lipinski definition) is 4. The van der Waals surface area contributed by atoms with Gasteiger partial charge in [-0.25, -0.2) is 0 Å². The van der Waals surface area contributed by atoms with E-state index in [4.69, 9.17) is 15.2 Å². The van der Waals surface area contributed by atoms with Crippen LogP contribution in [0.25, 0.3) is 0 Å². The quantitative estimate of drug-likeness (QED) is 0.855. The largest absolute Gasteiger partial charge is 0.497 e. The Bertz CT molecular complexity index is 465. The van der Waals surface area contributed by atoms with Crippen molar-refractivity contribution in [2.24, 2.45) is 5.73 Å². The molecule has 1 aliphatic rings. The van der Waals surface area contributed by atoms with Crippen molar-refractivity contribution in [1.82, 2.24) is 5.32 Å². The van der Waals surface area contributed by atoms with Gasteiger partial charge in [0.15, 0.2) is 0 Å². The highest BCUT2D eigenvalue weighted by Gasteiger charge is 2.35. The van der Waals surface area contributed by atoms with Gasteiger partial charge in [0.1, 0.15) is 5.75 Å². The van der Waals surface area contributed by atoms with Crippen molar-refractivity contribution in [2.75, 3.05) is 26.9 Å². The number of hydrogen-bond donors (Lipinski definition) is 2. The molecule has 116 valence electrons. The maximum atomic E-state index is 11.8. The highest BCUT2D eigenvalue weighted by atomic mass is 16.5. The molecule has 0 radical (unpaired) electrons. The maximum absolute atomic E-state index is 11.8. The van der Waals surface area contributed by atoms with E-state index in [0.29, 0.717) is 19.8 Å². The van der Waals surface area contributed by atoms with Gasteiger partial charge >= 0.3 is 0 Å². The number of amides is 1. The molecule has 3 N–H and O–H groups in total. The SMILES string of the molecule is COc1ccc(C2(CNC(=O)[C@H](C)N)CCOCC2)cc1. The van der Waals surface area contributed by atoms with Crippen LogP contribution >= 0.6 is 0 Å². The van der Waals surface area contributed by atoms with Crippen molar-refractivity contribution in [3.63, 3.8) is 0 Å². The third kappa shape index (κ3) is 3.74. The molecule has 1 fully saturated rings. The van der Waals surface area contributed by atoms with Gasteiger partial charge in [0, 0.05) is 25.2 Å². The fraction of sp³-hybridized carbons (Fsp3) is 0.562. The van der Waals surface area contributed by atoms with Crippen LogP contribution in [0.4, 0.5) is 0 Å². The van der Waals surface area contributed by atoms with Gasteiger partial charge in [-0.05, 0) is 37.5 Å². The molecule has 5 nitrogen and oxygen atoms in total. The highest BCUT2D eigenvalue weighted by molar-refractivity contribution is 5.81. The zero-order valence-corrected chi connectivity index (χ0v) is 12.7. The van der Waals surface area contributed by atoms with Crippen LogP contribution in [-0.4, -0.2) is 38.8 Å². The second-order valence-electron chi connectivity index (χ2n) is 5.63. The minimum atomic E-state index is -0.488. The Balaban J connectivity index is 2.17. The van der Waals surface area contributed by atoms with Gasteiger partial charge in [-0.1, -0.05) is 12.1 Å². The van der Waals surface area contributed by atoms with E-state index < -0.39 is 6.04 Å². The van der Waals surface area contributed by atoms with E-state index in [2.05, 4.69) is 17.4 Å². The van der Waals surface area contributed by atoms with Crippen LogP contribution in [0.15, 0.2) is 24.3 Å². The van der Waals surface area contributed by atoms with Crippen molar-refractivity contribution in [3.05, 3.63) is 29.8 Å². The van der Waals surface area contributed by atoms with Crippen molar-refractivity contribution < 1.29 is 14.3 Å². The first kappa shape index (κ1) is 15.8. The second-order valence-corrected chi connectivity index (χ2v) is 5.63. The minimum absolute atomic E-state index is 0.0882. The monoisotopic (exact) mass is 292 g/mol. The molecule has 1 heterocycles. The molecule has 0 spiro atoms. The lowest BCUT2D eigenvalue weighted by atomic mass is 9.74. The zero-order chi connectivity index (χ0) is 15.3. The molecule has 1 aromatic carbocycles. The molecule has 0 saturated carbocycles. The van der Waals surface area contributed by atoms with Crippen molar-refractivity contribution in [2.45, 2.75) is 31.2 Å². The number of carbonyl (C=O) groups is 1. The molecule has 1 atom stereocenters. The lowest BCUT2D eigenvalue weighted by Crippen LogP contribution is -2.48. The number of benzene rings is 1. The first-order valence-corrected chi connectivity index (χ1v) is 7.33. The average Bonchev–Trinajstić information content (AvgIpc) is 2.53. The Kier molecular flexibility index (Phi) is 5.20. The van der Waals surface area contributed by atoms with Crippen LogP contribution < -0.4 is 15.8 Å². The topological polar surface area (TPSA) is 73.6 Å². The predicted molar refractivity (Wildman–Crippen MR) is 81.4 cm³/mol. The Labute approximate surface area is 125 Å². The van der Waals surface area contributed by atoms with Crippen LogP contribution in [0, 0.1) is 0 Å². The summed E-state index contributed by atoms with van der Waals surface area (Å²) in [5, 5.41) is 2.97. The standard InChI is InChI=1S/C16H24N2O3/c1-12(17)15(19)18-11-16(7-9-21-10-8-16)13-3-5-14(20-2)6-4-13/h3-6,12H,7-11,17H2,1-2H3,(H,18,19)/t12-/m0/s1. The van der Waals surface area contributed by atoms with Crippen LogP contribution in [0.2, 0.25) is 0 Å². The smallest absolute Gasteiger partial charge is 0.236 e. The zero-order valence-electron chi connectivity index (χ0n) is 12.7. The Morgan fingerprint density at radius 3 is 2.52 bits per heavy atom. The van der Waals surface area contributed by atoms with Crippen LogP contribution in [0.1, 0.15) is 25.3 Å². The molecular formula is C16H24N2O3. The summed E-state index contributed by atoms with van der Waals surface area (Å²) < 4.78 is 10.7. The molecule has 0 aliphatic carbocycles. The third-order valence-corrected chi connectivity index (χ3v) is 4.17. The summed E-state index contributed by atoms with van der Waals surface area (Å²) in [5.74, 6) is 0.718. The molecule has 2 rings (SSSR count). The van der Waals surface area contributed by atoms with Gasteiger partial charge in [0.25, 0.3) is 0 Å². The predicted octanol–water partition coefficient (Wildman–Crippen LogP) is 1.21. The highest BCUT2D eigenvalue weighted by Crippen LogP contribution is 2.35. The molecule has 1 saturated heterocycles. The number of ether oxygens (including phenoxy) is 2. The third-order valence-electron chi connectivity index (χ3n) is 4.17. The molecule has 0 bridgehead atoms. The number of nitrogens with one attached hydrogen (secondary N) is 1. The summed E-state index contributed by atoms with van der Waals surface area (Å²) in [6.07, 6.45) is 1.77. The van der Waals surface area contributed by atoms with Crippen molar-refractivity contribution in [1.29, 1.82) is 0 Å². The summed E-state index contributed by atoms with van der Waals surface area (Å²) in [5.41, 5.74) is 6.73. The molecule has 0 aromatic heterocycles. The molecule has 1 aromatic rings. The molecule has 1 aliphatic heterocycles. The van der Waals surface area contributed by atoms with Gasteiger partial charge in [0.05, 0.1) is 13.2 Å². The van der Waals surface area contributed by atoms with Gasteiger partial charge in [-0.2, -0.15) is 0 Å². The lowest BCUT2D eigenvalue weighted by Gasteiger charge is -2.38. The van der Waals surface area contributed by atoms with E-state index in [-0.39, 0.29) is 11.3 Å². The molecule has 0 unspecified atom stereocenters. The lowest BCUT2D eigenvalue weighted by molar-refractivity contribution is -0.122. The maximum Gasteiger partial charge on any atom is 0.236 e. The van der Waals surface area contributed by atoms with Gasteiger partial charge in [0.2, 0.25) is 5.91 Å². The van der Waals surface area contributed by atoms with E-state index in [1.807, 2.05) is 12.1 Å². The molecule has 21 heavy (non-hydrogen) atoms. The van der Waals surface area contributed by atoms with Gasteiger partial charge < -0.3 is 20.5 Å². The van der Waals surface area contributed by atoms with E-state index in [0.717, 1.165) is 18.6 Å². The summed E-state index contributed by atoms with van der Waals surface area (Å²) in [6, 6.07) is 7.57. The van der Waals surface area contributed by atoms with E-state index in [1.54, 1.807) is 14.0 Å². The summed E-state index contributed by atoms with van der Waals surface area (Å²) in [7, 11) is 1.65. The van der Waals surface area contributed by atoms with Crippen molar-refractivity contribution in [3.8, 4) is 5.75 Å². The van der Waals surface area contributed by atoms with Crippen LogP contribution in [0.3, 0.4) is 0 Å². The van der Waals surface area contributed by atoms with Crippen molar-refractivity contribution >= 4 is 5.91 Å². The number of nitrogens with two attached hydrogens (primary N) is 1. The number of methoxy groups -OCH3 is 1. The second kappa shape index (κ2) is 6.91. The summed E-state index contributed by atoms with van der Waals surface area (Å²) in [6.45, 7) is 3.70. The summed E-state index contributed by atoms with van der Waals surface area (Å²) >= 11 is 0. The van der Waals surface area contributed by atoms with Crippen LogP contribution in [0.5, 0.6) is 5.75 Å². The minimum Gasteiger partial charge on any atom is -0.497 e.